The molecule has 0 fully saturated rings. The van der Waals surface area contributed by atoms with E-state index in [0.717, 1.165) is 5.56 Å². The predicted octanol–water partition coefficient (Wildman–Crippen LogP) is 0.850. The molecule has 0 unspecified atom stereocenters. The maximum Gasteiger partial charge on any atom is 0.216 e. The monoisotopic (exact) mass is 217 g/mol. The van der Waals surface area contributed by atoms with Gasteiger partial charge in [-0.1, -0.05) is 5.92 Å². The van der Waals surface area contributed by atoms with Crippen LogP contribution in [-0.4, -0.2) is 17.4 Å². The number of aryl methyl sites for hydroxylation is 1. The van der Waals surface area contributed by atoms with Gasteiger partial charge in [-0.05, 0) is 24.5 Å². The van der Waals surface area contributed by atoms with E-state index in [1.165, 1.54) is 6.92 Å². The third-order valence-electron chi connectivity index (χ3n) is 1.88. The first-order valence-electron chi connectivity index (χ1n) is 5.05. The van der Waals surface area contributed by atoms with Gasteiger partial charge in [0.2, 0.25) is 5.91 Å². The number of anilines is 1. The number of aromatic nitrogens is 1. The number of rotatable bonds is 2. The Hall–Kier alpha value is -2.02. The Labute approximate surface area is 95.3 Å². The maximum atomic E-state index is 10.6. The molecule has 16 heavy (non-hydrogen) atoms. The molecular formula is C12H15N3O. The van der Waals surface area contributed by atoms with Crippen LogP contribution >= 0.6 is 0 Å². The number of carbonyl (C=O) groups excluding carboxylic acids is 1. The van der Waals surface area contributed by atoms with Crippen LogP contribution in [0.1, 0.15) is 24.6 Å². The van der Waals surface area contributed by atoms with Crippen LogP contribution in [0.4, 0.5) is 5.69 Å². The summed E-state index contributed by atoms with van der Waals surface area (Å²) in [4.78, 5) is 14.7. The standard InChI is InChI=1S/C12H15N3O/c1-9-7-11(13)12(15-8-9)5-3-4-6-14-10(2)16/h7-8H,4,6,13H2,1-2H3,(H,14,16). The highest BCUT2D eigenvalue weighted by Crippen LogP contribution is 2.08. The molecule has 0 atom stereocenters. The zero-order chi connectivity index (χ0) is 12.0. The zero-order valence-electron chi connectivity index (χ0n) is 9.50. The first kappa shape index (κ1) is 12.1. The van der Waals surface area contributed by atoms with E-state index in [0.29, 0.717) is 24.3 Å². The second-order valence-corrected chi connectivity index (χ2v) is 3.49. The molecule has 0 radical (unpaired) electrons. The largest absolute Gasteiger partial charge is 0.396 e. The lowest BCUT2D eigenvalue weighted by Gasteiger charge is -1.98. The number of nitrogens with one attached hydrogen (secondary N) is 1. The van der Waals surface area contributed by atoms with E-state index in [-0.39, 0.29) is 5.91 Å². The summed E-state index contributed by atoms with van der Waals surface area (Å²) in [6, 6.07) is 1.84. The minimum Gasteiger partial charge on any atom is -0.396 e. The van der Waals surface area contributed by atoms with Crippen molar-refractivity contribution < 1.29 is 4.79 Å². The van der Waals surface area contributed by atoms with Gasteiger partial charge in [0.05, 0.1) is 5.69 Å². The molecular weight excluding hydrogens is 202 g/mol. The Balaban J connectivity index is 2.53. The van der Waals surface area contributed by atoms with E-state index in [1.54, 1.807) is 6.20 Å². The maximum absolute atomic E-state index is 10.6. The Morgan fingerprint density at radius 3 is 3.00 bits per heavy atom. The average Bonchev–Trinajstić information content (AvgIpc) is 2.20. The van der Waals surface area contributed by atoms with Crippen LogP contribution in [-0.2, 0) is 4.79 Å². The summed E-state index contributed by atoms with van der Waals surface area (Å²) >= 11 is 0. The Kier molecular flexibility index (Phi) is 4.34. The molecule has 84 valence electrons. The van der Waals surface area contributed by atoms with Crippen LogP contribution < -0.4 is 11.1 Å². The van der Waals surface area contributed by atoms with Gasteiger partial charge in [0.1, 0.15) is 5.69 Å². The fourth-order valence-electron chi connectivity index (χ4n) is 1.14. The van der Waals surface area contributed by atoms with Gasteiger partial charge in [-0.15, -0.1) is 0 Å². The summed E-state index contributed by atoms with van der Waals surface area (Å²) in [5.74, 6) is 5.74. The van der Waals surface area contributed by atoms with Crippen molar-refractivity contribution in [3.05, 3.63) is 23.5 Å². The molecule has 1 rings (SSSR count). The molecule has 0 aromatic carbocycles. The highest BCUT2D eigenvalue weighted by Gasteiger charge is 1.96. The van der Waals surface area contributed by atoms with Crippen molar-refractivity contribution >= 4 is 11.6 Å². The second kappa shape index (κ2) is 5.76. The zero-order valence-corrected chi connectivity index (χ0v) is 9.50. The van der Waals surface area contributed by atoms with Crippen molar-refractivity contribution in [1.82, 2.24) is 10.3 Å². The van der Waals surface area contributed by atoms with Crippen LogP contribution in [0.2, 0.25) is 0 Å². The van der Waals surface area contributed by atoms with Gasteiger partial charge in [-0.3, -0.25) is 4.79 Å². The Bertz CT molecular complexity index is 443. The molecule has 1 heterocycles. The van der Waals surface area contributed by atoms with Crippen molar-refractivity contribution in [2.75, 3.05) is 12.3 Å². The minimum atomic E-state index is -0.0465. The van der Waals surface area contributed by atoms with E-state index < -0.39 is 0 Å². The number of amides is 1. The van der Waals surface area contributed by atoms with Crippen molar-refractivity contribution in [1.29, 1.82) is 0 Å². The van der Waals surface area contributed by atoms with E-state index in [2.05, 4.69) is 22.1 Å². The molecule has 0 spiro atoms. The number of nitrogens with two attached hydrogens (primary N) is 1. The van der Waals surface area contributed by atoms with E-state index in [1.807, 2.05) is 13.0 Å². The normalized spacial score (nSPS) is 9.12. The highest BCUT2D eigenvalue weighted by atomic mass is 16.1. The van der Waals surface area contributed by atoms with Crippen LogP contribution in [0.5, 0.6) is 0 Å². The summed E-state index contributed by atoms with van der Waals surface area (Å²) in [6.07, 6.45) is 2.32. The van der Waals surface area contributed by atoms with Gasteiger partial charge >= 0.3 is 0 Å². The van der Waals surface area contributed by atoms with Gasteiger partial charge in [0.25, 0.3) is 0 Å². The lowest BCUT2D eigenvalue weighted by Crippen LogP contribution is -2.20. The predicted molar refractivity (Wildman–Crippen MR) is 63.6 cm³/mol. The smallest absolute Gasteiger partial charge is 0.216 e. The van der Waals surface area contributed by atoms with Crippen LogP contribution in [0.15, 0.2) is 12.3 Å². The van der Waals surface area contributed by atoms with Crippen LogP contribution in [0.25, 0.3) is 0 Å². The molecule has 0 aliphatic rings. The number of hydrogen-bond donors (Lipinski definition) is 2. The number of nitrogens with zero attached hydrogens (tertiary/aromatic N) is 1. The lowest BCUT2D eigenvalue weighted by atomic mass is 10.2. The molecule has 1 aromatic heterocycles. The molecule has 0 aliphatic heterocycles. The van der Waals surface area contributed by atoms with Crippen LogP contribution in [0, 0.1) is 18.8 Å². The number of pyridine rings is 1. The Morgan fingerprint density at radius 2 is 2.38 bits per heavy atom. The van der Waals surface area contributed by atoms with Crippen LogP contribution in [0.3, 0.4) is 0 Å². The number of hydrogen-bond acceptors (Lipinski definition) is 3. The first-order valence-corrected chi connectivity index (χ1v) is 5.05. The average molecular weight is 217 g/mol. The van der Waals surface area contributed by atoms with Gasteiger partial charge in [-0.25, -0.2) is 4.98 Å². The fraction of sp³-hybridized carbons (Fsp3) is 0.333. The number of carbonyl (C=O) groups is 1. The molecule has 4 nitrogen and oxygen atoms in total. The van der Waals surface area contributed by atoms with Crippen molar-refractivity contribution in [2.24, 2.45) is 0 Å². The third kappa shape index (κ3) is 4.01. The van der Waals surface area contributed by atoms with Crippen molar-refractivity contribution in [3.63, 3.8) is 0 Å². The molecule has 0 bridgehead atoms. The van der Waals surface area contributed by atoms with E-state index in [4.69, 9.17) is 5.73 Å². The second-order valence-electron chi connectivity index (χ2n) is 3.49. The summed E-state index contributed by atoms with van der Waals surface area (Å²) in [6.45, 7) is 3.96. The van der Waals surface area contributed by atoms with Gasteiger partial charge < -0.3 is 11.1 Å². The minimum absolute atomic E-state index is 0.0465. The summed E-state index contributed by atoms with van der Waals surface area (Å²) in [5.41, 5.74) is 7.95. The summed E-state index contributed by atoms with van der Waals surface area (Å²) in [5, 5.41) is 2.66. The summed E-state index contributed by atoms with van der Waals surface area (Å²) in [7, 11) is 0. The quantitative estimate of drug-likeness (QED) is 0.570. The van der Waals surface area contributed by atoms with Crippen molar-refractivity contribution in [3.8, 4) is 11.8 Å². The topological polar surface area (TPSA) is 68.0 Å². The molecule has 1 aromatic rings. The van der Waals surface area contributed by atoms with Gasteiger partial charge in [0, 0.05) is 26.1 Å². The van der Waals surface area contributed by atoms with Gasteiger partial charge in [-0.2, -0.15) is 0 Å². The van der Waals surface area contributed by atoms with Gasteiger partial charge in [0.15, 0.2) is 0 Å². The molecule has 3 N–H and O–H groups in total. The molecule has 1 amide bonds. The fourth-order valence-corrected chi connectivity index (χ4v) is 1.14. The SMILES string of the molecule is CC(=O)NCCC#Cc1ncc(C)cc1N. The molecule has 4 heteroatoms. The molecule has 0 aliphatic carbocycles. The molecule has 0 saturated carbocycles. The number of nitrogen functional groups attached to an aromatic ring is 1. The summed E-state index contributed by atoms with van der Waals surface area (Å²) < 4.78 is 0. The van der Waals surface area contributed by atoms with E-state index in [9.17, 15) is 4.79 Å². The lowest BCUT2D eigenvalue weighted by molar-refractivity contribution is -0.118. The van der Waals surface area contributed by atoms with E-state index >= 15 is 0 Å². The molecule has 0 saturated heterocycles. The Morgan fingerprint density at radius 1 is 1.62 bits per heavy atom. The van der Waals surface area contributed by atoms with Crippen molar-refractivity contribution in [2.45, 2.75) is 20.3 Å². The first-order chi connectivity index (χ1) is 7.59. The third-order valence-corrected chi connectivity index (χ3v) is 1.88. The highest BCUT2D eigenvalue weighted by molar-refractivity contribution is 5.72.